The van der Waals surface area contributed by atoms with E-state index in [2.05, 4.69) is 5.32 Å². The first-order valence-corrected chi connectivity index (χ1v) is 7.87. The maximum atomic E-state index is 12.0. The minimum absolute atomic E-state index is 0. The van der Waals surface area contributed by atoms with Crippen molar-refractivity contribution in [2.75, 3.05) is 19.6 Å². The molecule has 1 fully saturated rings. The Bertz CT molecular complexity index is 318. The molecule has 0 spiro atoms. The van der Waals surface area contributed by atoms with Gasteiger partial charge in [0.15, 0.2) is 0 Å². The van der Waals surface area contributed by atoms with Crippen LogP contribution in [0.3, 0.4) is 0 Å². The number of hydrogen-bond acceptors (Lipinski definition) is 3. The zero-order valence-electron chi connectivity index (χ0n) is 13.3. The SMILES string of the molecule is CCC(C)C(N)C(=O)NCCC(=O)N1CCCCCC1.Cl. The number of likely N-dealkylation sites (tertiary alicyclic amines) is 1. The summed E-state index contributed by atoms with van der Waals surface area (Å²) in [6, 6.07) is -0.478. The van der Waals surface area contributed by atoms with E-state index in [1.165, 1.54) is 12.8 Å². The molecule has 0 radical (unpaired) electrons. The maximum Gasteiger partial charge on any atom is 0.237 e. The summed E-state index contributed by atoms with van der Waals surface area (Å²) in [5, 5.41) is 2.77. The van der Waals surface area contributed by atoms with E-state index in [9.17, 15) is 9.59 Å². The van der Waals surface area contributed by atoms with Crippen molar-refractivity contribution in [1.82, 2.24) is 10.2 Å². The highest BCUT2D eigenvalue weighted by Crippen LogP contribution is 2.10. The molecule has 1 saturated heterocycles. The van der Waals surface area contributed by atoms with Crippen molar-refractivity contribution in [2.24, 2.45) is 11.7 Å². The average Bonchev–Trinajstić information content (AvgIpc) is 2.74. The molecular weight excluding hydrogens is 290 g/mol. The third-order valence-electron chi connectivity index (χ3n) is 4.16. The van der Waals surface area contributed by atoms with Crippen molar-refractivity contribution in [3.63, 3.8) is 0 Å². The fourth-order valence-electron chi connectivity index (χ4n) is 2.40. The van der Waals surface area contributed by atoms with Gasteiger partial charge in [0.25, 0.3) is 0 Å². The Labute approximate surface area is 134 Å². The van der Waals surface area contributed by atoms with Crippen LogP contribution >= 0.6 is 12.4 Å². The molecule has 2 amide bonds. The molecule has 2 atom stereocenters. The first kappa shape index (κ1) is 20.2. The van der Waals surface area contributed by atoms with Gasteiger partial charge in [0.05, 0.1) is 6.04 Å². The van der Waals surface area contributed by atoms with Crippen LogP contribution < -0.4 is 11.1 Å². The Morgan fingerprint density at radius 2 is 1.76 bits per heavy atom. The summed E-state index contributed by atoms with van der Waals surface area (Å²) in [6.07, 6.45) is 5.86. The van der Waals surface area contributed by atoms with E-state index < -0.39 is 6.04 Å². The second kappa shape index (κ2) is 10.9. The minimum Gasteiger partial charge on any atom is -0.354 e. The fourth-order valence-corrected chi connectivity index (χ4v) is 2.40. The summed E-state index contributed by atoms with van der Waals surface area (Å²) < 4.78 is 0. The Kier molecular flexibility index (Phi) is 10.4. The van der Waals surface area contributed by atoms with Crippen molar-refractivity contribution < 1.29 is 9.59 Å². The minimum atomic E-state index is -0.478. The largest absolute Gasteiger partial charge is 0.354 e. The zero-order chi connectivity index (χ0) is 15.0. The van der Waals surface area contributed by atoms with Gasteiger partial charge in [0.2, 0.25) is 11.8 Å². The maximum absolute atomic E-state index is 12.0. The zero-order valence-corrected chi connectivity index (χ0v) is 14.1. The van der Waals surface area contributed by atoms with E-state index in [1.54, 1.807) is 0 Å². The number of rotatable bonds is 6. The van der Waals surface area contributed by atoms with Crippen LogP contribution in [0.4, 0.5) is 0 Å². The van der Waals surface area contributed by atoms with E-state index in [4.69, 9.17) is 5.73 Å². The molecule has 1 rings (SSSR count). The van der Waals surface area contributed by atoms with Crippen LogP contribution in [0.2, 0.25) is 0 Å². The van der Waals surface area contributed by atoms with Gasteiger partial charge in [-0.15, -0.1) is 12.4 Å². The first-order chi connectivity index (χ1) is 9.56. The molecule has 3 N–H and O–H groups in total. The number of halogens is 1. The molecule has 1 heterocycles. The van der Waals surface area contributed by atoms with Gasteiger partial charge in [0.1, 0.15) is 0 Å². The number of carbonyl (C=O) groups is 2. The number of nitrogens with zero attached hydrogens (tertiary/aromatic N) is 1. The van der Waals surface area contributed by atoms with Crippen molar-refractivity contribution in [3.8, 4) is 0 Å². The highest BCUT2D eigenvalue weighted by atomic mass is 35.5. The van der Waals surface area contributed by atoms with Crippen LogP contribution in [0.5, 0.6) is 0 Å². The Balaban J connectivity index is 0.00000400. The van der Waals surface area contributed by atoms with Crippen LogP contribution in [0, 0.1) is 5.92 Å². The lowest BCUT2D eigenvalue weighted by atomic mass is 9.99. The Morgan fingerprint density at radius 3 is 2.29 bits per heavy atom. The third-order valence-corrected chi connectivity index (χ3v) is 4.16. The Hall–Kier alpha value is -0.810. The summed E-state index contributed by atoms with van der Waals surface area (Å²) in [5.41, 5.74) is 5.84. The number of nitrogens with two attached hydrogens (primary N) is 1. The van der Waals surface area contributed by atoms with Crippen LogP contribution in [0.25, 0.3) is 0 Å². The summed E-state index contributed by atoms with van der Waals surface area (Å²) >= 11 is 0. The lowest BCUT2D eigenvalue weighted by Gasteiger charge is -2.21. The molecular formula is C15H30ClN3O2. The summed E-state index contributed by atoms with van der Waals surface area (Å²) in [4.78, 5) is 25.8. The number of amides is 2. The van der Waals surface area contributed by atoms with Crippen LogP contribution in [0.15, 0.2) is 0 Å². The highest BCUT2D eigenvalue weighted by molar-refractivity contribution is 5.85. The molecule has 1 aliphatic rings. The van der Waals surface area contributed by atoms with Gasteiger partial charge in [0, 0.05) is 26.1 Å². The van der Waals surface area contributed by atoms with Crippen LogP contribution in [0.1, 0.15) is 52.4 Å². The standard InChI is InChI=1S/C15H29N3O2.ClH/c1-3-12(2)14(16)15(20)17-9-8-13(19)18-10-6-4-5-7-11-18;/h12,14H,3-11,16H2,1-2H3,(H,17,20);1H. The lowest BCUT2D eigenvalue weighted by Crippen LogP contribution is -2.45. The number of nitrogens with one attached hydrogen (secondary N) is 1. The number of hydrogen-bond donors (Lipinski definition) is 2. The van der Waals surface area contributed by atoms with E-state index in [-0.39, 0.29) is 30.1 Å². The van der Waals surface area contributed by atoms with Gasteiger partial charge in [-0.25, -0.2) is 0 Å². The van der Waals surface area contributed by atoms with Crippen LogP contribution in [-0.4, -0.2) is 42.4 Å². The summed E-state index contributed by atoms with van der Waals surface area (Å²) in [7, 11) is 0. The van der Waals surface area contributed by atoms with Crippen molar-refractivity contribution in [2.45, 2.75) is 58.4 Å². The van der Waals surface area contributed by atoms with Gasteiger partial charge in [-0.05, 0) is 18.8 Å². The average molecular weight is 320 g/mol. The first-order valence-electron chi connectivity index (χ1n) is 7.87. The summed E-state index contributed by atoms with van der Waals surface area (Å²) in [5.74, 6) is 0.156. The molecule has 2 unspecified atom stereocenters. The predicted molar refractivity (Wildman–Crippen MR) is 87.4 cm³/mol. The molecule has 0 aromatic rings. The summed E-state index contributed by atoms with van der Waals surface area (Å²) in [6.45, 7) is 6.09. The topological polar surface area (TPSA) is 75.4 Å². The highest BCUT2D eigenvalue weighted by Gasteiger charge is 2.20. The molecule has 0 saturated carbocycles. The normalized spacial score (nSPS) is 18.1. The second-order valence-corrected chi connectivity index (χ2v) is 5.75. The quantitative estimate of drug-likeness (QED) is 0.782. The molecule has 0 aromatic heterocycles. The van der Waals surface area contributed by atoms with Gasteiger partial charge in [-0.1, -0.05) is 33.1 Å². The van der Waals surface area contributed by atoms with E-state index in [0.717, 1.165) is 32.4 Å². The van der Waals surface area contributed by atoms with Gasteiger partial charge in [-0.3, -0.25) is 9.59 Å². The van der Waals surface area contributed by atoms with Gasteiger partial charge < -0.3 is 16.0 Å². The molecule has 0 aromatic carbocycles. The third kappa shape index (κ3) is 7.14. The van der Waals surface area contributed by atoms with Gasteiger partial charge >= 0.3 is 0 Å². The molecule has 1 aliphatic heterocycles. The number of carbonyl (C=O) groups excluding carboxylic acids is 2. The predicted octanol–water partition coefficient (Wildman–Crippen LogP) is 1.69. The van der Waals surface area contributed by atoms with E-state index in [1.807, 2.05) is 18.7 Å². The second-order valence-electron chi connectivity index (χ2n) is 5.75. The van der Waals surface area contributed by atoms with E-state index >= 15 is 0 Å². The smallest absolute Gasteiger partial charge is 0.237 e. The molecule has 5 nitrogen and oxygen atoms in total. The monoisotopic (exact) mass is 319 g/mol. The fraction of sp³-hybridized carbons (Fsp3) is 0.867. The van der Waals surface area contributed by atoms with Crippen molar-refractivity contribution >= 4 is 24.2 Å². The molecule has 6 heteroatoms. The lowest BCUT2D eigenvalue weighted by molar-refractivity contribution is -0.131. The van der Waals surface area contributed by atoms with Gasteiger partial charge in [-0.2, -0.15) is 0 Å². The van der Waals surface area contributed by atoms with Crippen molar-refractivity contribution in [3.05, 3.63) is 0 Å². The Morgan fingerprint density at radius 1 is 1.19 bits per heavy atom. The van der Waals surface area contributed by atoms with Crippen LogP contribution in [-0.2, 0) is 9.59 Å². The molecule has 0 bridgehead atoms. The van der Waals surface area contributed by atoms with Crippen molar-refractivity contribution in [1.29, 1.82) is 0 Å². The molecule has 21 heavy (non-hydrogen) atoms. The molecule has 0 aliphatic carbocycles. The van der Waals surface area contributed by atoms with E-state index in [0.29, 0.717) is 13.0 Å². The molecule has 124 valence electrons.